The Hall–Kier alpha value is -2.97. The van der Waals surface area contributed by atoms with Gasteiger partial charge in [-0.3, -0.25) is 4.79 Å². The molecule has 3 rings (SSSR count). The highest BCUT2D eigenvalue weighted by atomic mass is 19.4. The van der Waals surface area contributed by atoms with Crippen molar-refractivity contribution in [3.8, 4) is 0 Å². The van der Waals surface area contributed by atoms with Crippen molar-refractivity contribution in [2.24, 2.45) is 0 Å². The van der Waals surface area contributed by atoms with Gasteiger partial charge in [0.05, 0.1) is 11.8 Å². The predicted octanol–water partition coefficient (Wildman–Crippen LogP) is 3.40. The van der Waals surface area contributed by atoms with Crippen LogP contribution in [-0.2, 0) is 12.7 Å². The van der Waals surface area contributed by atoms with E-state index in [1.807, 2.05) is 0 Å². The number of furan rings is 1. The van der Waals surface area contributed by atoms with E-state index >= 15 is 0 Å². The minimum absolute atomic E-state index is 0.00836. The van der Waals surface area contributed by atoms with Crippen LogP contribution in [0.2, 0.25) is 0 Å². The second kappa shape index (κ2) is 8.37. The molecule has 28 heavy (non-hydrogen) atoms. The van der Waals surface area contributed by atoms with Crippen molar-refractivity contribution < 1.29 is 27.2 Å². The second-order valence-corrected chi connectivity index (χ2v) is 6.57. The Bertz CT molecular complexity index is 813. The maximum Gasteiger partial charge on any atom is 0.416 e. The molecule has 0 unspecified atom stereocenters. The second-order valence-electron chi connectivity index (χ2n) is 6.57. The van der Waals surface area contributed by atoms with Crippen molar-refractivity contribution in [1.29, 1.82) is 0 Å². The third-order valence-corrected chi connectivity index (χ3v) is 4.56. The summed E-state index contributed by atoms with van der Waals surface area (Å²) in [6.45, 7) is 0.960. The van der Waals surface area contributed by atoms with E-state index in [2.05, 4.69) is 10.6 Å². The van der Waals surface area contributed by atoms with E-state index in [1.54, 1.807) is 17.0 Å². The summed E-state index contributed by atoms with van der Waals surface area (Å²) in [5, 5.41) is 5.36. The highest BCUT2D eigenvalue weighted by Gasteiger charge is 2.30. The lowest BCUT2D eigenvalue weighted by Gasteiger charge is -2.31. The summed E-state index contributed by atoms with van der Waals surface area (Å²) in [5.74, 6) is 0.0997. The molecule has 2 N–H and O–H groups in total. The van der Waals surface area contributed by atoms with E-state index in [0.29, 0.717) is 31.5 Å². The molecule has 0 spiro atoms. The quantitative estimate of drug-likeness (QED) is 0.833. The number of rotatable bonds is 4. The number of urea groups is 1. The number of likely N-dealkylation sites (tertiary alicyclic amines) is 1. The first-order valence-electron chi connectivity index (χ1n) is 8.86. The molecular formula is C19H20F3N3O3. The zero-order chi connectivity index (χ0) is 20.1. The summed E-state index contributed by atoms with van der Waals surface area (Å²) in [4.78, 5) is 25.9. The van der Waals surface area contributed by atoms with E-state index in [0.717, 1.165) is 12.1 Å². The topological polar surface area (TPSA) is 74.6 Å². The molecule has 0 saturated carbocycles. The molecule has 6 nitrogen and oxygen atoms in total. The fraction of sp³-hybridized carbons (Fsp3) is 0.368. The average molecular weight is 395 g/mol. The van der Waals surface area contributed by atoms with Crippen molar-refractivity contribution in [2.75, 3.05) is 13.1 Å². The maximum absolute atomic E-state index is 12.7. The molecule has 9 heteroatoms. The summed E-state index contributed by atoms with van der Waals surface area (Å²) in [7, 11) is 0. The third-order valence-electron chi connectivity index (χ3n) is 4.56. The monoisotopic (exact) mass is 395 g/mol. The molecule has 0 radical (unpaired) electrons. The molecule has 2 aromatic rings. The number of hydrogen-bond donors (Lipinski definition) is 2. The number of benzene rings is 1. The molecular weight excluding hydrogens is 375 g/mol. The Morgan fingerprint density at radius 2 is 1.89 bits per heavy atom. The van der Waals surface area contributed by atoms with Crippen LogP contribution in [0.25, 0.3) is 0 Å². The SMILES string of the molecule is O=C(NCc1cccc(C(F)(F)F)c1)NC1CCN(C(=O)c2ccco2)CC1. The van der Waals surface area contributed by atoms with Crippen LogP contribution in [0.15, 0.2) is 47.1 Å². The first kappa shape index (κ1) is 19.8. The highest BCUT2D eigenvalue weighted by molar-refractivity contribution is 5.91. The van der Waals surface area contributed by atoms with Gasteiger partial charge in [0.2, 0.25) is 0 Å². The van der Waals surface area contributed by atoms with Crippen LogP contribution in [0.4, 0.5) is 18.0 Å². The number of nitrogens with zero attached hydrogens (tertiary/aromatic N) is 1. The lowest BCUT2D eigenvalue weighted by Crippen LogP contribution is -2.49. The third kappa shape index (κ3) is 5.05. The van der Waals surface area contributed by atoms with Gasteiger partial charge >= 0.3 is 12.2 Å². The Balaban J connectivity index is 1.43. The van der Waals surface area contributed by atoms with Crippen LogP contribution in [0.5, 0.6) is 0 Å². The van der Waals surface area contributed by atoms with Gasteiger partial charge in [-0.1, -0.05) is 12.1 Å². The fourth-order valence-electron chi connectivity index (χ4n) is 3.06. The van der Waals surface area contributed by atoms with Crippen molar-refractivity contribution in [3.05, 3.63) is 59.5 Å². The minimum Gasteiger partial charge on any atom is -0.459 e. The van der Waals surface area contributed by atoms with Crippen LogP contribution in [-0.4, -0.2) is 36.0 Å². The largest absolute Gasteiger partial charge is 0.459 e. The van der Waals surface area contributed by atoms with Gasteiger partial charge in [-0.2, -0.15) is 13.2 Å². The number of carbonyl (C=O) groups excluding carboxylic acids is 2. The summed E-state index contributed by atoms with van der Waals surface area (Å²) in [6.07, 6.45) is -1.80. The predicted molar refractivity (Wildman–Crippen MR) is 94.4 cm³/mol. The summed E-state index contributed by atoms with van der Waals surface area (Å²) in [6, 6.07) is 7.53. The summed E-state index contributed by atoms with van der Waals surface area (Å²) < 4.78 is 43.3. The van der Waals surface area contributed by atoms with E-state index in [9.17, 15) is 22.8 Å². The van der Waals surface area contributed by atoms with Gasteiger partial charge in [0, 0.05) is 25.7 Å². The maximum atomic E-state index is 12.7. The zero-order valence-corrected chi connectivity index (χ0v) is 15.0. The molecule has 1 saturated heterocycles. The first-order chi connectivity index (χ1) is 13.3. The number of piperidine rings is 1. The normalized spacial score (nSPS) is 15.3. The molecule has 0 bridgehead atoms. The molecule has 1 aromatic heterocycles. The van der Waals surface area contributed by atoms with Crippen LogP contribution in [0, 0.1) is 0 Å². The number of nitrogens with one attached hydrogen (secondary N) is 2. The van der Waals surface area contributed by atoms with Crippen molar-refractivity contribution in [3.63, 3.8) is 0 Å². The fourth-order valence-corrected chi connectivity index (χ4v) is 3.06. The summed E-state index contributed by atoms with van der Waals surface area (Å²) in [5.41, 5.74) is -0.385. The number of halogens is 3. The molecule has 1 aromatic carbocycles. The van der Waals surface area contributed by atoms with Crippen LogP contribution in [0.1, 0.15) is 34.5 Å². The van der Waals surface area contributed by atoms with Crippen LogP contribution in [0.3, 0.4) is 0 Å². The molecule has 1 aliphatic rings. The smallest absolute Gasteiger partial charge is 0.416 e. The van der Waals surface area contributed by atoms with Gasteiger partial charge in [-0.15, -0.1) is 0 Å². The summed E-state index contributed by atoms with van der Waals surface area (Å²) >= 11 is 0. The zero-order valence-electron chi connectivity index (χ0n) is 15.0. The van der Waals surface area contributed by atoms with Gasteiger partial charge < -0.3 is 20.0 Å². The lowest BCUT2D eigenvalue weighted by atomic mass is 10.0. The molecule has 1 aliphatic heterocycles. The van der Waals surface area contributed by atoms with Crippen LogP contribution < -0.4 is 10.6 Å². The van der Waals surface area contributed by atoms with Crippen molar-refractivity contribution >= 4 is 11.9 Å². The van der Waals surface area contributed by atoms with Gasteiger partial charge in [0.25, 0.3) is 5.91 Å². The molecule has 0 aliphatic carbocycles. The van der Waals surface area contributed by atoms with Gasteiger partial charge in [-0.05, 0) is 42.7 Å². The van der Waals surface area contributed by atoms with Crippen molar-refractivity contribution in [2.45, 2.75) is 31.6 Å². The molecule has 3 amide bonds. The standard InChI is InChI=1S/C19H20F3N3O3/c20-19(21,22)14-4-1-3-13(11-14)12-23-18(27)24-15-6-8-25(9-7-15)17(26)16-5-2-10-28-16/h1-5,10-11,15H,6-9,12H2,(H2,23,24,27). The van der Waals surface area contributed by atoms with E-state index in [1.165, 1.54) is 18.4 Å². The Labute approximate surface area is 159 Å². The van der Waals surface area contributed by atoms with Crippen LogP contribution >= 0.6 is 0 Å². The molecule has 2 heterocycles. The Kier molecular flexibility index (Phi) is 5.91. The van der Waals surface area contributed by atoms with E-state index in [4.69, 9.17) is 4.42 Å². The number of alkyl halides is 3. The number of hydrogen-bond acceptors (Lipinski definition) is 3. The molecule has 1 fully saturated rings. The van der Waals surface area contributed by atoms with Gasteiger partial charge in [0.1, 0.15) is 0 Å². The number of carbonyl (C=O) groups is 2. The Morgan fingerprint density at radius 1 is 1.14 bits per heavy atom. The average Bonchev–Trinajstić information content (AvgIpc) is 3.21. The minimum atomic E-state index is -4.42. The van der Waals surface area contributed by atoms with Crippen molar-refractivity contribution in [1.82, 2.24) is 15.5 Å². The first-order valence-corrected chi connectivity index (χ1v) is 8.86. The lowest BCUT2D eigenvalue weighted by molar-refractivity contribution is -0.137. The van der Waals surface area contributed by atoms with Gasteiger partial charge in [0.15, 0.2) is 5.76 Å². The number of amides is 3. The van der Waals surface area contributed by atoms with Gasteiger partial charge in [-0.25, -0.2) is 4.79 Å². The molecule has 0 atom stereocenters. The highest BCUT2D eigenvalue weighted by Crippen LogP contribution is 2.29. The Morgan fingerprint density at radius 3 is 2.54 bits per heavy atom. The molecule has 150 valence electrons. The van der Waals surface area contributed by atoms with E-state index < -0.39 is 17.8 Å². The van der Waals surface area contributed by atoms with E-state index in [-0.39, 0.29) is 24.3 Å².